The topological polar surface area (TPSA) is 63.2 Å². The molecule has 0 aliphatic carbocycles. The van der Waals surface area contributed by atoms with E-state index in [1.54, 1.807) is 6.26 Å². The molecule has 7 heteroatoms. The number of hydrogen-bond acceptors (Lipinski definition) is 6. The number of nitrogens with zero attached hydrogens (tertiary/aromatic N) is 6. The summed E-state index contributed by atoms with van der Waals surface area (Å²) in [4.78, 5) is 13.9. The van der Waals surface area contributed by atoms with Gasteiger partial charge in [0.25, 0.3) is 0 Å². The molecule has 1 aliphatic heterocycles. The highest BCUT2D eigenvalue weighted by atomic mass is 16.3. The van der Waals surface area contributed by atoms with Gasteiger partial charge in [0.2, 0.25) is 0 Å². The zero-order valence-corrected chi connectivity index (χ0v) is 14.6. The highest BCUT2D eigenvalue weighted by molar-refractivity contribution is 5.43. The Labute approximate surface area is 146 Å². The average Bonchev–Trinajstić information content (AvgIpc) is 3.24. The summed E-state index contributed by atoms with van der Waals surface area (Å²) in [6, 6.07) is 6.09. The molecule has 0 N–H and O–H groups in total. The average molecular weight is 338 g/mol. The molecule has 0 radical (unpaired) electrons. The third-order valence-corrected chi connectivity index (χ3v) is 4.41. The number of pyridine rings is 1. The minimum atomic E-state index is 0.725. The Morgan fingerprint density at radius 2 is 1.84 bits per heavy atom. The van der Waals surface area contributed by atoms with Gasteiger partial charge in [-0.05, 0) is 24.6 Å². The third kappa shape index (κ3) is 3.56. The molecule has 0 atom stereocenters. The summed E-state index contributed by atoms with van der Waals surface area (Å²) in [6.45, 7) is 8.61. The van der Waals surface area contributed by atoms with Crippen LogP contribution in [-0.4, -0.2) is 50.8 Å². The quantitative estimate of drug-likeness (QED) is 0.727. The van der Waals surface area contributed by atoms with Gasteiger partial charge in [-0.15, -0.1) is 0 Å². The van der Waals surface area contributed by atoms with Crippen molar-refractivity contribution in [2.75, 3.05) is 31.1 Å². The summed E-state index contributed by atoms with van der Waals surface area (Å²) in [5, 5.41) is 4.34. The molecule has 1 aliphatic rings. The molecule has 7 nitrogen and oxygen atoms in total. The van der Waals surface area contributed by atoms with Gasteiger partial charge in [-0.3, -0.25) is 4.90 Å². The van der Waals surface area contributed by atoms with E-state index in [4.69, 9.17) is 9.40 Å². The van der Waals surface area contributed by atoms with Gasteiger partial charge in [0, 0.05) is 45.8 Å². The highest BCUT2D eigenvalue weighted by Gasteiger charge is 2.19. The van der Waals surface area contributed by atoms with Crippen molar-refractivity contribution in [3.05, 3.63) is 54.0 Å². The molecule has 1 fully saturated rings. The normalized spacial score (nSPS) is 15.7. The molecule has 0 amide bonds. The van der Waals surface area contributed by atoms with Crippen molar-refractivity contribution in [2.45, 2.75) is 20.4 Å². The molecule has 0 unspecified atom stereocenters. The van der Waals surface area contributed by atoms with Crippen LogP contribution in [-0.2, 0) is 6.54 Å². The first-order chi connectivity index (χ1) is 12.2. The van der Waals surface area contributed by atoms with Crippen molar-refractivity contribution in [1.29, 1.82) is 0 Å². The lowest BCUT2D eigenvalue weighted by molar-refractivity contribution is 0.246. The van der Waals surface area contributed by atoms with Crippen molar-refractivity contribution in [3.8, 4) is 5.82 Å². The molecule has 0 saturated carbocycles. The van der Waals surface area contributed by atoms with Crippen LogP contribution in [0.25, 0.3) is 5.82 Å². The minimum Gasteiger partial charge on any atom is -0.449 e. The first kappa shape index (κ1) is 15.8. The van der Waals surface area contributed by atoms with Gasteiger partial charge < -0.3 is 9.32 Å². The monoisotopic (exact) mass is 338 g/mol. The van der Waals surface area contributed by atoms with E-state index in [1.165, 1.54) is 0 Å². The zero-order chi connectivity index (χ0) is 17.2. The predicted molar refractivity (Wildman–Crippen MR) is 94.8 cm³/mol. The third-order valence-electron chi connectivity index (χ3n) is 4.41. The van der Waals surface area contributed by atoms with Crippen molar-refractivity contribution in [2.24, 2.45) is 0 Å². The molecular formula is C18H22N6O. The second kappa shape index (κ2) is 6.68. The first-order valence-electron chi connectivity index (χ1n) is 8.54. The van der Waals surface area contributed by atoms with Crippen LogP contribution in [0.3, 0.4) is 0 Å². The number of aryl methyl sites for hydroxylation is 2. The Bertz CT molecular complexity index is 847. The summed E-state index contributed by atoms with van der Waals surface area (Å²) in [5.41, 5.74) is 2.13. The van der Waals surface area contributed by atoms with E-state index in [9.17, 15) is 0 Å². The second-order valence-corrected chi connectivity index (χ2v) is 6.44. The van der Waals surface area contributed by atoms with E-state index in [0.717, 1.165) is 61.5 Å². The summed E-state index contributed by atoms with van der Waals surface area (Å²) in [6.07, 6.45) is 5.58. The summed E-state index contributed by atoms with van der Waals surface area (Å²) in [5.74, 6) is 2.58. The largest absolute Gasteiger partial charge is 0.449 e. The molecule has 4 rings (SSSR count). The summed E-state index contributed by atoms with van der Waals surface area (Å²) in [7, 11) is 0. The van der Waals surface area contributed by atoms with E-state index in [1.807, 2.05) is 43.1 Å². The fraction of sp³-hybridized carbons (Fsp3) is 0.389. The van der Waals surface area contributed by atoms with Gasteiger partial charge >= 0.3 is 0 Å². The molecule has 25 heavy (non-hydrogen) atoms. The van der Waals surface area contributed by atoms with Crippen molar-refractivity contribution in [1.82, 2.24) is 24.6 Å². The smallest absolute Gasteiger partial charge is 0.191 e. The lowest BCUT2D eigenvalue weighted by atomic mass is 10.3. The molecule has 0 spiro atoms. The zero-order valence-electron chi connectivity index (χ0n) is 14.6. The van der Waals surface area contributed by atoms with Crippen LogP contribution in [0.15, 0.2) is 41.3 Å². The first-order valence-corrected chi connectivity index (χ1v) is 8.54. The minimum absolute atomic E-state index is 0.725. The lowest BCUT2D eigenvalue weighted by Crippen LogP contribution is -2.46. The number of anilines is 1. The molecule has 3 aromatic heterocycles. The van der Waals surface area contributed by atoms with Crippen molar-refractivity contribution < 1.29 is 4.42 Å². The van der Waals surface area contributed by atoms with E-state index in [2.05, 4.69) is 25.9 Å². The molecule has 1 saturated heterocycles. The molecular weight excluding hydrogens is 316 g/mol. The van der Waals surface area contributed by atoms with Crippen LogP contribution in [0.5, 0.6) is 0 Å². The maximum Gasteiger partial charge on any atom is 0.191 e. The van der Waals surface area contributed by atoms with E-state index >= 15 is 0 Å². The fourth-order valence-electron chi connectivity index (χ4n) is 3.10. The van der Waals surface area contributed by atoms with Gasteiger partial charge in [-0.25, -0.2) is 14.6 Å². The van der Waals surface area contributed by atoms with Crippen LogP contribution in [0, 0.1) is 13.8 Å². The molecule has 3 aromatic rings. The summed E-state index contributed by atoms with van der Waals surface area (Å²) < 4.78 is 7.11. The van der Waals surface area contributed by atoms with Gasteiger partial charge in [-0.2, -0.15) is 5.10 Å². The van der Waals surface area contributed by atoms with Gasteiger partial charge in [0.15, 0.2) is 11.7 Å². The van der Waals surface area contributed by atoms with Gasteiger partial charge in [-0.1, -0.05) is 6.07 Å². The van der Waals surface area contributed by atoms with Crippen LogP contribution in [0.2, 0.25) is 0 Å². The lowest BCUT2D eigenvalue weighted by Gasteiger charge is -2.35. The van der Waals surface area contributed by atoms with Crippen molar-refractivity contribution >= 4 is 5.82 Å². The summed E-state index contributed by atoms with van der Waals surface area (Å²) >= 11 is 0. The number of hydrogen-bond donors (Lipinski definition) is 0. The van der Waals surface area contributed by atoms with Gasteiger partial charge in [0.1, 0.15) is 12.1 Å². The van der Waals surface area contributed by atoms with Crippen LogP contribution < -0.4 is 4.90 Å². The number of aromatic nitrogens is 4. The number of piperazine rings is 1. The Kier molecular flexibility index (Phi) is 4.23. The van der Waals surface area contributed by atoms with Crippen LogP contribution in [0.1, 0.15) is 17.1 Å². The Hall–Kier alpha value is -2.67. The maximum absolute atomic E-state index is 5.29. The van der Waals surface area contributed by atoms with E-state index in [-0.39, 0.29) is 0 Å². The van der Waals surface area contributed by atoms with E-state index in [0.29, 0.717) is 0 Å². The predicted octanol–water partition coefficient (Wildman–Crippen LogP) is 2.19. The number of oxazole rings is 1. The second-order valence-electron chi connectivity index (χ2n) is 6.44. The Morgan fingerprint density at radius 3 is 2.52 bits per heavy atom. The highest BCUT2D eigenvalue weighted by Crippen LogP contribution is 2.17. The SMILES string of the molecule is Cc1cnn(-c2cccc(N3CCN(Cc4coc(C)n4)CC3)n2)c1. The van der Waals surface area contributed by atoms with Crippen LogP contribution in [0.4, 0.5) is 5.82 Å². The Balaban J connectivity index is 1.40. The Morgan fingerprint density at radius 1 is 1.04 bits per heavy atom. The van der Waals surface area contributed by atoms with Crippen molar-refractivity contribution in [3.63, 3.8) is 0 Å². The standard InChI is InChI=1S/C18H22N6O/c1-14-10-19-24(11-14)18-5-3-4-17(21-18)23-8-6-22(7-9-23)12-16-13-25-15(2)20-16/h3-5,10-11,13H,6-9,12H2,1-2H3. The number of rotatable bonds is 4. The van der Waals surface area contributed by atoms with Gasteiger partial charge in [0.05, 0.1) is 11.9 Å². The molecule has 130 valence electrons. The molecule has 0 bridgehead atoms. The van der Waals surface area contributed by atoms with Crippen LogP contribution >= 0.6 is 0 Å². The fourth-order valence-corrected chi connectivity index (χ4v) is 3.10. The molecule has 0 aromatic carbocycles. The molecule has 4 heterocycles. The maximum atomic E-state index is 5.29. The van der Waals surface area contributed by atoms with E-state index < -0.39 is 0 Å².